The summed E-state index contributed by atoms with van der Waals surface area (Å²) in [4.78, 5) is 46.8. The number of nitrogens with one attached hydrogen (secondary N) is 2. The van der Waals surface area contributed by atoms with Crippen LogP contribution in [0.4, 0.5) is 0 Å². The summed E-state index contributed by atoms with van der Waals surface area (Å²) in [5.41, 5.74) is 1.49. The van der Waals surface area contributed by atoms with E-state index in [1.807, 2.05) is 52.3 Å². The van der Waals surface area contributed by atoms with E-state index in [4.69, 9.17) is 4.74 Å². The van der Waals surface area contributed by atoms with E-state index in [0.717, 1.165) is 30.2 Å². The Bertz CT molecular complexity index is 1260. The smallest absolute Gasteiger partial charge is 0.270 e. The number of aromatic amines is 1. The molecule has 0 unspecified atom stereocenters. The van der Waals surface area contributed by atoms with Gasteiger partial charge in [-0.2, -0.15) is 0 Å². The monoisotopic (exact) mass is 502 g/mol. The van der Waals surface area contributed by atoms with Gasteiger partial charge in [0, 0.05) is 37.6 Å². The third-order valence-corrected chi connectivity index (χ3v) is 7.83. The average molecular weight is 503 g/mol. The molecule has 0 saturated carbocycles. The Kier molecular flexibility index (Phi) is 7.17. The van der Waals surface area contributed by atoms with E-state index in [1.165, 1.54) is 0 Å². The normalized spacial score (nSPS) is 18.5. The van der Waals surface area contributed by atoms with Gasteiger partial charge in [-0.3, -0.25) is 14.4 Å². The minimum Gasteiger partial charge on any atom is -0.491 e. The maximum atomic E-state index is 13.5. The van der Waals surface area contributed by atoms with Gasteiger partial charge in [0.2, 0.25) is 5.91 Å². The number of benzene rings is 2. The molecule has 8 heteroatoms. The van der Waals surface area contributed by atoms with E-state index < -0.39 is 5.41 Å². The first-order valence-electron chi connectivity index (χ1n) is 13.1. The van der Waals surface area contributed by atoms with Gasteiger partial charge < -0.3 is 24.8 Å². The number of hydrogen-bond donors (Lipinski definition) is 2. The second-order valence-corrected chi connectivity index (χ2v) is 10.0. The van der Waals surface area contributed by atoms with Crippen LogP contribution in [-0.2, 0) is 4.79 Å². The summed E-state index contributed by atoms with van der Waals surface area (Å²) in [5, 5.41) is 3.84. The Balaban J connectivity index is 1.41. The van der Waals surface area contributed by atoms with Gasteiger partial charge in [-0.1, -0.05) is 36.8 Å². The van der Waals surface area contributed by atoms with Crippen molar-refractivity contribution in [1.82, 2.24) is 20.1 Å². The number of nitrogens with zero attached hydrogens (tertiary/aromatic N) is 2. The maximum absolute atomic E-state index is 13.5. The zero-order chi connectivity index (χ0) is 25.8. The van der Waals surface area contributed by atoms with Crippen LogP contribution < -0.4 is 10.1 Å². The summed E-state index contributed by atoms with van der Waals surface area (Å²) < 4.78 is 6.07. The zero-order valence-electron chi connectivity index (χ0n) is 21.3. The topological polar surface area (TPSA) is 94.7 Å². The van der Waals surface area contributed by atoms with Crippen molar-refractivity contribution < 1.29 is 19.1 Å². The lowest BCUT2D eigenvalue weighted by molar-refractivity contribution is -0.133. The molecule has 0 spiro atoms. The van der Waals surface area contributed by atoms with E-state index in [2.05, 4.69) is 10.3 Å². The number of carbonyl (C=O) groups excluding carboxylic acids is 3. The molecule has 2 N–H and O–H groups in total. The number of carbonyl (C=O) groups is 3. The van der Waals surface area contributed by atoms with Crippen molar-refractivity contribution in [3.8, 4) is 5.75 Å². The fourth-order valence-corrected chi connectivity index (χ4v) is 5.64. The second kappa shape index (κ2) is 10.7. The van der Waals surface area contributed by atoms with E-state index in [0.29, 0.717) is 56.0 Å². The van der Waals surface area contributed by atoms with E-state index >= 15 is 0 Å². The lowest BCUT2D eigenvalue weighted by Gasteiger charge is -2.40. The quantitative estimate of drug-likeness (QED) is 0.557. The molecule has 1 aromatic heterocycles. The van der Waals surface area contributed by atoms with Crippen molar-refractivity contribution in [3.05, 3.63) is 65.9 Å². The first-order valence-corrected chi connectivity index (χ1v) is 13.1. The molecule has 4 heterocycles. The molecule has 194 valence electrons. The van der Waals surface area contributed by atoms with Crippen molar-refractivity contribution >= 4 is 28.6 Å². The molecule has 0 aliphatic carbocycles. The van der Waals surface area contributed by atoms with Crippen LogP contribution in [0.15, 0.2) is 54.6 Å². The molecule has 2 bridgehead atoms. The number of hydrogen-bond acceptors (Lipinski definition) is 4. The molecule has 1 fully saturated rings. The highest BCUT2D eigenvalue weighted by molar-refractivity contribution is 5.98. The number of rotatable bonds is 2. The van der Waals surface area contributed by atoms with Gasteiger partial charge in [-0.25, -0.2) is 0 Å². The van der Waals surface area contributed by atoms with Crippen molar-refractivity contribution in [2.45, 2.75) is 32.1 Å². The minimum absolute atomic E-state index is 0.0404. The van der Waals surface area contributed by atoms with Crippen LogP contribution in [0.5, 0.6) is 5.75 Å². The Morgan fingerprint density at radius 2 is 1.70 bits per heavy atom. The van der Waals surface area contributed by atoms with Crippen molar-refractivity contribution in [2.24, 2.45) is 5.41 Å². The molecule has 1 saturated heterocycles. The molecule has 8 nitrogen and oxygen atoms in total. The van der Waals surface area contributed by atoms with Gasteiger partial charge in [0.1, 0.15) is 18.1 Å². The Hall–Kier alpha value is -3.81. The van der Waals surface area contributed by atoms with Gasteiger partial charge in [0.05, 0.1) is 17.5 Å². The van der Waals surface area contributed by atoms with Crippen LogP contribution in [0, 0.1) is 5.41 Å². The first-order chi connectivity index (χ1) is 18.0. The molecule has 37 heavy (non-hydrogen) atoms. The average Bonchev–Trinajstić information content (AvgIpc) is 3.37. The fourth-order valence-electron chi connectivity index (χ4n) is 5.64. The van der Waals surface area contributed by atoms with Crippen molar-refractivity contribution in [3.63, 3.8) is 0 Å². The number of piperidine rings is 1. The third-order valence-electron chi connectivity index (χ3n) is 7.83. The molecule has 3 aromatic rings. The van der Waals surface area contributed by atoms with Gasteiger partial charge in [-0.05, 0) is 49.9 Å². The van der Waals surface area contributed by atoms with Crippen LogP contribution in [0.2, 0.25) is 0 Å². The summed E-state index contributed by atoms with van der Waals surface area (Å²) in [6.07, 6.45) is 3.58. The van der Waals surface area contributed by atoms with Gasteiger partial charge >= 0.3 is 0 Å². The summed E-state index contributed by atoms with van der Waals surface area (Å²) >= 11 is 0. The van der Waals surface area contributed by atoms with Crippen molar-refractivity contribution in [2.75, 3.05) is 39.8 Å². The Morgan fingerprint density at radius 1 is 0.946 bits per heavy atom. The van der Waals surface area contributed by atoms with Gasteiger partial charge in [0.25, 0.3) is 11.8 Å². The van der Waals surface area contributed by atoms with Crippen LogP contribution in [0.3, 0.4) is 0 Å². The molecule has 0 atom stereocenters. The van der Waals surface area contributed by atoms with Crippen LogP contribution in [-0.4, -0.2) is 72.3 Å². The second-order valence-electron chi connectivity index (χ2n) is 10.0. The Labute approximate surface area is 217 Å². The Morgan fingerprint density at radius 3 is 2.49 bits per heavy atom. The van der Waals surface area contributed by atoms with E-state index in [-0.39, 0.29) is 24.3 Å². The summed E-state index contributed by atoms with van der Waals surface area (Å²) in [7, 11) is 1.68. The maximum Gasteiger partial charge on any atom is 0.270 e. The SMILES string of the molecule is CNC(=O)C12CCCCN(C(=O)c3cc4ccccc4[nH]3)CCOc3ccccc3C(=O)N(CC1)CC2. The lowest BCUT2D eigenvalue weighted by atomic mass is 9.73. The predicted molar refractivity (Wildman–Crippen MR) is 142 cm³/mol. The molecule has 3 aliphatic rings. The highest BCUT2D eigenvalue weighted by Gasteiger charge is 2.41. The van der Waals surface area contributed by atoms with E-state index in [1.54, 1.807) is 19.2 Å². The third kappa shape index (κ3) is 5.05. The number of aromatic nitrogens is 1. The standard InChI is InChI=1S/C29H34N4O4/c1-30-28(36)29-12-6-7-15-32(27(35)24-20-21-8-2-4-10-23(21)31-24)18-19-37-25-11-5-3-9-22(25)26(34)33(16-13-29)17-14-29/h2-5,8-11,20,31H,6-7,12-19H2,1H3,(H,30,36). The number of ether oxygens (including phenoxy) is 1. The summed E-state index contributed by atoms with van der Waals surface area (Å²) in [6.45, 7) is 2.30. The fraction of sp³-hybridized carbons (Fsp3) is 0.414. The number of amides is 3. The molecule has 6 rings (SSSR count). The first kappa shape index (κ1) is 24.9. The van der Waals surface area contributed by atoms with E-state index in [9.17, 15) is 14.4 Å². The zero-order valence-corrected chi connectivity index (χ0v) is 21.3. The molecular weight excluding hydrogens is 468 g/mol. The highest BCUT2D eigenvalue weighted by atomic mass is 16.5. The number of H-pyrrole nitrogens is 1. The van der Waals surface area contributed by atoms with Crippen LogP contribution in [0.1, 0.15) is 53.0 Å². The molecule has 0 radical (unpaired) electrons. The molecule has 3 amide bonds. The van der Waals surface area contributed by atoms with Crippen LogP contribution in [0.25, 0.3) is 10.9 Å². The predicted octanol–water partition coefficient (Wildman–Crippen LogP) is 3.84. The summed E-state index contributed by atoms with van der Waals surface area (Å²) in [5.74, 6) is 0.394. The lowest BCUT2D eigenvalue weighted by Crippen LogP contribution is -2.49. The van der Waals surface area contributed by atoms with Crippen molar-refractivity contribution in [1.29, 1.82) is 0 Å². The van der Waals surface area contributed by atoms with Crippen LogP contribution >= 0.6 is 0 Å². The van der Waals surface area contributed by atoms with Gasteiger partial charge in [0.15, 0.2) is 0 Å². The molecule has 3 aliphatic heterocycles. The number of fused-ring (bicyclic) bond motifs is 10. The minimum atomic E-state index is -0.492. The molecular formula is C29H34N4O4. The van der Waals surface area contributed by atoms with Gasteiger partial charge in [-0.15, -0.1) is 0 Å². The molecule has 2 aromatic carbocycles. The highest BCUT2D eigenvalue weighted by Crippen LogP contribution is 2.38. The number of para-hydroxylation sites is 2. The largest absolute Gasteiger partial charge is 0.491 e. The summed E-state index contributed by atoms with van der Waals surface area (Å²) in [6, 6.07) is 17.0.